The van der Waals surface area contributed by atoms with Crippen LogP contribution >= 0.6 is 27.7 Å². The van der Waals surface area contributed by atoms with Gasteiger partial charge in [-0.25, -0.2) is 0 Å². The average Bonchev–Trinajstić information content (AvgIpc) is 2.76. The highest BCUT2D eigenvalue weighted by Gasteiger charge is 2.16. The number of benzene rings is 1. The number of hydrogen-bond acceptors (Lipinski definition) is 4. The molecule has 1 aromatic carbocycles. The van der Waals surface area contributed by atoms with Crippen molar-refractivity contribution in [1.29, 1.82) is 0 Å². The number of nitrogens with zero attached hydrogens (tertiary/aromatic N) is 3. The van der Waals surface area contributed by atoms with E-state index in [-0.39, 0.29) is 5.91 Å². The van der Waals surface area contributed by atoms with Crippen molar-refractivity contribution in [2.75, 3.05) is 11.1 Å². The van der Waals surface area contributed by atoms with Gasteiger partial charge in [-0.05, 0) is 43.5 Å². The molecule has 0 aliphatic carbocycles. The van der Waals surface area contributed by atoms with E-state index in [9.17, 15) is 4.79 Å². The fourth-order valence-corrected chi connectivity index (χ4v) is 3.64. The third-order valence-corrected chi connectivity index (χ3v) is 5.71. The minimum Gasteiger partial charge on any atom is -0.325 e. The molecule has 0 saturated carbocycles. The molecule has 7 heteroatoms. The summed E-state index contributed by atoms with van der Waals surface area (Å²) in [6.45, 7) is 2.96. The molecule has 1 aromatic heterocycles. The summed E-state index contributed by atoms with van der Waals surface area (Å²) in [5, 5.41) is 12.3. The molecule has 0 fully saturated rings. The van der Waals surface area contributed by atoms with E-state index < -0.39 is 0 Å². The number of anilines is 1. The predicted molar refractivity (Wildman–Crippen MR) is 95.8 cm³/mol. The number of carbonyl (C=O) groups is 1. The highest BCUT2D eigenvalue weighted by atomic mass is 79.9. The number of nitrogens with one attached hydrogen (secondary N) is 1. The van der Waals surface area contributed by atoms with Crippen LogP contribution in [-0.4, -0.2) is 26.4 Å². The summed E-state index contributed by atoms with van der Waals surface area (Å²) in [7, 11) is 0. The Morgan fingerprint density at radius 1 is 1.35 bits per heavy atom. The molecule has 0 radical (unpaired) electrons. The fraction of sp³-hybridized carbons (Fsp3) is 0.438. The topological polar surface area (TPSA) is 59.8 Å². The van der Waals surface area contributed by atoms with Crippen LogP contribution in [0, 0.1) is 6.92 Å². The van der Waals surface area contributed by atoms with Gasteiger partial charge in [0, 0.05) is 23.1 Å². The van der Waals surface area contributed by atoms with Crippen LogP contribution in [0.4, 0.5) is 5.69 Å². The number of hydrogen-bond donors (Lipinski definition) is 1. The first-order valence-corrected chi connectivity index (χ1v) is 9.52. The maximum absolute atomic E-state index is 12.1. The second kappa shape index (κ2) is 7.49. The van der Waals surface area contributed by atoms with Crippen LogP contribution in [0.15, 0.2) is 27.8 Å². The third kappa shape index (κ3) is 4.14. The fourth-order valence-electron chi connectivity index (χ4n) is 2.61. The van der Waals surface area contributed by atoms with Crippen LogP contribution < -0.4 is 5.32 Å². The second-order valence-corrected chi connectivity index (χ2v) is 7.46. The molecule has 0 saturated heterocycles. The van der Waals surface area contributed by atoms with Gasteiger partial charge >= 0.3 is 0 Å². The third-order valence-electron chi connectivity index (χ3n) is 3.85. The number of carbonyl (C=O) groups excluding carboxylic acids is 1. The van der Waals surface area contributed by atoms with Gasteiger partial charge in [-0.2, -0.15) is 0 Å². The van der Waals surface area contributed by atoms with E-state index in [1.165, 1.54) is 24.6 Å². The largest absolute Gasteiger partial charge is 0.325 e. The van der Waals surface area contributed by atoms with Crippen molar-refractivity contribution in [3.8, 4) is 0 Å². The lowest BCUT2D eigenvalue weighted by Crippen LogP contribution is -2.15. The highest BCUT2D eigenvalue weighted by Crippen LogP contribution is 2.23. The number of aromatic nitrogens is 3. The molecule has 1 aliphatic heterocycles. The number of aryl methyl sites for hydroxylation is 2. The van der Waals surface area contributed by atoms with E-state index >= 15 is 0 Å². The molecule has 0 spiro atoms. The van der Waals surface area contributed by atoms with E-state index in [0.717, 1.165) is 46.1 Å². The summed E-state index contributed by atoms with van der Waals surface area (Å²) in [5.74, 6) is 1.37. The molecule has 0 bridgehead atoms. The Hall–Kier alpha value is -1.34. The first-order chi connectivity index (χ1) is 11.1. The van der Waals surface area contributed by atoms with Crippen molar-refractivity contribution in [1.82, 2.24) is 14.8 Å². The summed E-state index contributed by atoms with van der Waals surface area (Å²) in [6.07, 6.45) is 4.55. The minimum atomic E-state index is -0.0253. The lowest BCUT2D eigenvalue weighted by molar-refractivity contribution is -0.113. The molecule has 0 unspecified atom stereocenters. The van der Waals surface area contributed by atoms with Crippen LogP contribution in [-0.2, 0) is 17.8 Å². The van der Waals surface area contributed by atoms with Crippen molar-refractivity contribution in [2.45, 2.75) is 44.3 Å². The molecular formula is C16H19BrN4OS. The van der Waals surface area contributed by atoms with E-state index in [4.69, 9.17) is 0 Å². The average molecular weight is 395 g/mol. The van der Waals surface area contributed by atoms with Crippen molar-refractivity contribution in [3.63, 3.8) is 0 Å². The number of halogens is 1. The zero-order valence-corrected chi connectivity index (χ0v) is 15.4. The molecule has 1 amide bonds. The van der Waals surface area contributed by atoms with Gasteiger partial charge in [0.1, 0.15) is 5.82 Å². The quantitative estimate of drug-likeness (QED) is 0.800. The monoisotopic (exact) mass is 394 g/mol. The summed E-state index contributed by atoms with van der Waals surface area (Å²) in [4.78, 5) is 12.1. The molecule has 0 atom stereocenters. The first-order valence-electron chi connectivity index (χ1n) is 7.74. The Balaban J connectivity index is 1.59. The molecule has 5 nitrogen and oxygen atoms in total. The summed E-state index contributed by atoms with van der Waals surface area (Å²) < 4.78 is 3.20. The Morgan fingerprint density at radius 3 is 3.04 bits per heavy atom. The van der Waals surface area contributed by atoms with Crippen molar-refractivity contribution in [2.24, 2.45) is 0 Å². The van der Waals surface area contributed by atoms with E-state index in [2.05, 4.69) is 36.0 Å². The number of thioether (sulfide) groups is 1. The van der Waals surface area contributed by atoms with Gasteiger partial charge in [0.15, 0.2) is 5.16 Å². The zero-order chi connectivity index (χ0) is 16.2. The summed E-state index contributed by atoms with van der Waals surface area (Å²) in [5.41, 5.74) is 1.91. The highest BCUT2D eigenvalue weighted by molar-refractivity contribution is 9.10. The predicted octanol–water partition coefficient (Wildman–Crippen LogP) is 3.81. The van der Waals surface area contributed by atoms with Crippen LogP contribution in [0.1, 0.15) is 30.7 Å². The molecule has 23 heavy (non-hydrogen) atoms. The minimum absolute atomic E-state index is 0.0253. The molecular weight excluding hydrogens is 376 g/mol. The van der Waals surface area contributed by atoms with Gasteiger partial charge in [0.25, 0.3) is 0 Å². The molecule has 1 aliphatic rings. The Kier molecular flexibility index (Phi) is 5.38. The molecule has 1 N–H and O–H groups in total. The van der Waals surface area contributed by atoms with Gasteiger partial charge in [0.2, 0.25) is 5.91 Å². The first kappa shape index (κ1) is 16.5. The van der Waals surface area contributed by atoms with Crippen LogP contribution in [0.25, 0.3) is 0 Å². The van der Waals surface area contributed by atoms with Gasteiger partial charge in [-0.3, -0.25) is 4.79 Å². The maximum atomic E-state index is 12.1. The van der Waals surface area contributed by atoms with E-state index in [1.54, 1.807) is 0 Å². The maximum Gasteiger partial charge on any atom is 0.234 e. The normalized spacial score (nSPS) is 14.2. The molecule has 2 heterocycles. The number of amides is 1. The smallest absolute Gasteiger partial charge is 0.234 e. The standard InChI is InChI=1S/C16H19BrN4OS/c1-11-9-12(6-7-13(11)17)18-15(22)10-23-16-20-19-14-5-3-2-4-8-21(14)16/h6-7,9H,2-5,8,10H2,1H3,(H,18,22). The van der Waals surface area contributed by atoms with Crippen molar-refractivity contribution < 1.29 is 4.79 Å². The lowest BCUT2D eigenvalue weighted by Gasteiger charge is -2.08. The van der Waals surface area contributed by atoms with Crippen LogP contribution in [0.5, 0.6) is 0 Å². The van der Waals surface area contributed by atoms with Gasteiger partial charge < -0.3 is 9.88 Å². The van der Waals surface area contributed by atoms with E-state index in [0.29, 0.717) is 5.75 Å². The van der Waals surface area contributed by atoms with Gasteiger partial charge in [-0.15, -0.1) is 10.2 Å². The molecule has 2 aromatic rings. The Bertz CT molecular complexity index is 716. The summed E-state index contributed by atoms with van der Waals surface area (Å²) in [6, 6.07) is 5.79. The second-order valence-electron chi connectivity index (χ2n) is 5.66. The Morgan fingerprint density at radius 2 is 2.22 bits per heavy atom. The van der Waals surface area contributed by atoms with Crippen LogP contribution in [0.3, 0.4) is 0 Å². The molecule has 3 rings (SSSR count). The summed E-state index contributed by atoms with van der Waals surface area (Å²) >= 11 is 4.91. The van der Waals surface area contributed by atoms with Gasteiger partial charge in [0.05, 0.1) is 5.75 Å². The Labute approximate surface area is 148 Å². The molecule has 122 valence electrons. The van der Waals surface area contributed by atoms with Crippen LogP contribution in [0.2, 0.25) is 0 Å². The van der Waals surface area contributed by atoms with Crippen molar-refractivity contribution >= 4 is 39.3 Å². The van der Waals surface area contributed by atoms with E-state index in [1.807, 2.05) is 25.1 Å². The number of rotatable bonds is 4. The zero-order valence-electron chi connectivity index (χ0n) is 13.0. The van der Waals surface area contributed by atoms with Crippen molar-refractivity contribution in [3.05, 3.63) is 34.1 Å². The number of fused-ring (bicyclic) bond motifs is 1. The van der Waals surface area contributed by atoms with Gasteiger partial charge in [-0.1, -0.05) is 34.1 Å². The lowest BCUT2D eigenvalue weighted by atomic mass is 10.2. The SMILES string of the molecule is Cc1cc(NC(=O)CSc2nnc3n2CCCCC3)ccc1Br.